The molecule has 0 amide bonds. The molecule has 0 heterocycles. The lowest BCUT2D eigenvalue weighted by Gasteiger charge is -2.11. The van der Waals surface area contributed by atoms with E-state index in [4.69, 9.17) is 4.74 Å². The zero-order valence-electron chi connectivity index (χ0n) is 11.2. The number of nitrogens with zero attached hydrogens (tertiary/aromatic N) is 1. The van der Waals surface area contributed by atoms with E-state index in [0.717, 1.165) is 12.3 Å². The molecule has 0 fully saturated rings. The molecule has 0 aliphatic heterocycles. The maximum absolute atomic E-state index is 5.17. The van der Waals surface area contributed by atoms with Crippen molar-refractivity contribution in [2.24, 2.45) is 0 Å². The van der Waals surface area contributed by atoms with E-state index >= 15 is 0 Å². The van der Waals surface area contributed by atoms with E-state index in [1.165, 1.54) is 16.7 Å². The first kappa shape index (κ1) is 12.7. The van der Waals surface area contributed by atoms with Gasteiger partial charge in [-0.25, -0.2) is 0 Å². The highest BCUT2D eigenvalue weighted by atomic mass is 16.5. The number of hydrogen-bond donors (Lipinski definition) is 0. The van der Waals surface area contributed by atoms with Crippen LogP contribution < -0.4 is 4.74 Å². The second-order valence-corrected chi connectivity index (χ2v) is 4.67. The normalized spacial score (nSPS) is 10.7. The molecule has 2 heteroatoms. The summed E-state index contributed by atoms with van der Waals surface area (Å²) >= 11 is 0. The molecular weight excluding hydrogens is 222 g/mol. The first-order valence-electron chi connectivity index (χ1n) is 6.07. The molecular formula is C16H19NO. The smallest absolute Gasteiger partial charge is 0.118 e. The van der Waals surface area contributed by atoms with E-state index in [9.17, 15) is 0 Å². The summed E-state index contributed by atoms with van der Waals surface area (Å²) in [7, 11) is 5.85. The lowest BCUT2D eigenvalue weighted by Crippen LogP contribution is -2.10. The molecule has 0 unspecified atom stereocenters. The van der Waals surface area contributed by atoms with Crippen LogP contribution in [0.3, 0.4) is 0 Å². The molecule has 2 nitrogen and oxygen atoms in total. The Morgan fingerprint density at radius 2 is 1.67 bits per heavy atom. The molecule has 94 valence electrons. The molecule has 0 aliphatic carbocycles. The Kier molecular flexibility index (Phi) is 4.00. The summed E-state index contributed by atoms with van der Waals surface area (Å²) in [5.74, 6) is 0.892. The van der Waals surface area contributed by atoms with Crippen LogP contribution in [0.5, 0.6) is 5.75 Å². The molecule has 0 aromatic heterocycles. The van der Waals surface area contributed by atoms with Gasteiger partial charge in [-0.15, -0.1) is 0 Å². The second-order valence-electron chi connectivity index (χ2n) is 4.67. The average Bonchev–Trinajstić information content (AvgIpc) is 2.38. The predicted octanol–water partition coefficient (Wildman–Crippen LogP) is 3.42. The Morgan fingerprint density at radius 3 is 2.28 bits per heavy atom. The first-order chi connectivity index (χ1) is 8.69. The van der Waals surface area contributed by atoms with E-state index in [1.54, 1.807) is 7.11 Å². The summed E-state index contributed by atoms with van der Waals surface area (Å²) < 4.78 is 5.17. The fourth-order valence-corrected chi connectivity index (χ4v) is 2.00. The van der Waals surface area contributed by atoms with Crippen molar-refractivity contribution in [1.29, 1.82) is 0 Å². The van der Waals surface area contributed by atoms with Gasteiger partial charge in [0.05, 0.1) is 7.11 Å². The van der Waals surface area contributed by atoms with Crippen molar-refractivity contribution in [2.45, 2.75) is 6.54 Å². The SMILES string of the molecule is COc1ccc(-c2cccc(CN(C)C)c2)cc1. The third kappa shape index (κ3) is 3.11. The summed E-state index contributed by atoms with van der Waals surface area (Å²) in [4.78, 5) is 2.17. The van der Waals surface area contributed by atoms with Gasteiger partial charge >= 0.3 is 0 Å². The molecule has 0 atom stereocenters. The maximum atomic E-state index is 5.17. The molecule has 0 radical (unpaired) electrons. The highest BCUT2D eigenvalue weighted by Crippen LogP contribution is 2.23. The van der Waals surface area contributed by atoms with E-state index in [0.29, 0.717) is 0 Å². The summed E-state index contributed by atoms with van der Waals surface area (Å²) in [6, 6.07) is 16.8. The van der Waals surface area contributed by atoms with Crippen molar-refractivity contribution in [3.63, 3.8) is 0 Å². The highest BCUT2D eigenvalue weighted by molar-refractivity contribution is 5.64. The van der Waals surface area contributed by atoms with E-state index in [1.807, 2.05) is 12.1 Å². The molecule has 0 saturated carbocycles. The zero-order valence-corrected chi connectivity index (χ0v) is 11.2. The Hall–Kier alpha value is -1.80. The van der Waals surface area contributed by atoms with Gasteiger partial charge in [0.15, 0.2) is 0 Å². The monoisotopic (exact) mass is 241 g/mol. The summed E-state index contributed by atoms with van der Waals surface area (Å²) in [5.41, 5.74) is 3.79. The van der Waals surface area contributed by atoms with Crippen molar-refractivity contribution in [3.8, 4) is 16.9 Å². The van der Waals surface area contributed by atoms with Crippen molar-refractivity contribution in [1.82, 2.24) is 4.90 Å². The van der Waals surface area contributed by atoms with Gasteiger partial charge in [0.25, 0.3) is 0 Å². The van der Waals surface area contributed by atoms with Gasteiger partial charge in [-0.1, -0.05) is 30.3 Å². The second kappa shape index (κ2) is 5.69. The number of hydrogen-bond acceptors (Lipinski definition) is 2. The molecule has 2 rings (SSSR count). The standard InChI is InChI=1S/C16H19NO/c1-17(2)12-13-5-4-6-15(11-13)14-7-9-16(18-3)10-8-14/h4-11H,12H2,1-3H3. The van der Waals surface area contributed by atoms with Crippen molar-refractivity contribution < 1.29 is 4.74 Å². The lowest BCUT2D eigenvalue weighted by atomic mass is 10.0. The van der Waals surface area contributed by atoms with Gasteiger partial charge in [0.1, 0.15) is 5.75 Å². The van der Waals surface area contributed by atoms with Crippen LogP contribution in [0.2, 0.25) is 0 Å². The quantitative estimate of drug-likeness (QED) is 0.813. The van der Waals surface area contributed by atoms with Crippen LogP contribution in [0, 0.1) is 0 Å². The Bertz CT molecular complexity index is 503. The number of rotatable bonds is 4. The van der Waals surface area contributed by atoms with Gasteiger partial charge in [-0.2, -0.15) is 0 Å². The van der Waals surface area contributed by atoms with Crippen molar-refractivity contribution in [3.05, 3.63) is 54.1 Å². The topological polar surface area (TPSA) is 12.5 Å². The Labute approximate surface area is 109 Å². The van der Waals surface area contributed by atoms with Crippen LogP contribution >= 0.6 is 0 Å². The van der Waals surface area contributed by atoms with E-state index in [-0.39, 0.29) is 0 Å². The van der Waals surface area contributed by atoms with Gasteiger partial charge in [0, 0.05) is 6.54 Å². The van der Waals surface area contributed by atoms with Crippen LogP contribution in [-0.4, -0.2) is 26.1 Å². The lowest BCUT2D eigenvalue weighted by molar-refractivity contribution is 0.402. The van der Waals surface area contributed by atoms with Crippen molar-refractivity contribution >= 4 is 0 Å². The Balaban J connectivity index is 2.26. The molecule has 0 aliphatic rings. The van der Waals surface area contributed by atoms with Crippen LogP contribution in [0.1, 0.15) is 5.56 Å². The fraction of sp³-hybridized carbons (Fsp3) is 0.250. The van der Waals surface area contributed by atoms with Crippen molar-refractivity contribution in [2.75, 3.05) is 21.2 Å². The molecule has 18 heavy (non-hydrogen) atoms. The van der Waals surface area contributed by atoms with Gasteiger partial charge < -0.3 is 9.64 Å². The summed E-state index contributed by atoms with van der Waals surface area (Å²) in [6.07, 6.45) is 0. The van der Waals surface area contributed by atoms with Crippen LogP contribution in [-0.2, 0) is 6.54 Å². The first-order valence-corrected chi connectivity index (χ1v) is 6.07. The van der Waals surface area contributed by atoms with E-state index < -0.39 is 0 Å². The van der Waals surface area contributed by atoms with Gasteiger partial charge in [0.2, 0.25) is 0 Å². The largest absolute Gasteiger partial charge is 0.497 e. The minimum absolute atomic E-state index is 0.892. The average molecular weight is 241 g/mol. The third-order valence-corrected chi connectivity index (χ3v) is 2.85. The van der Waals surface area contributed by atoms with Crippen LogP contribution in [0.25, 0.3) is 11.1 Å². The van der Waals surface area contributed by atoms with Gasteiger partial charge in [-0.3, -0.25) is 0 Å². The summed E-state index contributed by atoms with van der Waals surface area (Å²) in [6.45, 7) is 0.962. The Morgan fingerprint density at radius 1 is 0.944 bits per heavy atom. The number of benzene rings is 2. The van der Waals surface area contributed by atoms with Crippen LogP contribution in [0.4, 0.5) is 0 Å². The molecule has 0 saturated heterocycles. The number of methoxy groups -OCH3 is 1. The molecule has 2 aromatic rings. The predicted molar refractivity (Wildman–Crippen MR) is 75.8 cm³/mol. The zero-order chi connectivity index (χ0) is 13.0. The molecule has 2 aromatic carbocycles. The van der Waals surface area contributed by atoms with E-state index in [2.05, 4.69) is 55.4 Å². The molecule has 0 N–H and O–H groups in total. The molecule has 0 bridgehead atoms. The third-order valence-electron chi connectivity index (χ3n) is 2.85. The van der Waals surface area contributed by atoms with Crippen LogP contribution in [0.15, 0.2) is 48.5 Å². The number of ether oxygens (including phenoxy) is 1. The summed E-state index contributed by atoms with van der Waals surface area (Å²) in [5, 5.41) is 0. The van der Waals surface area contributed by atoms with Gasteiger partial charge in [-0.05, 0) is 49.0 Å². The highest BCUT2D eigenvalue weighted by Gasteiger charge is 2.01. The fourth-order valence-electron chi connectivity index (χ4n) is 2.00. The maximum Gasteiger partial charge on any atom is 0.118 e. The molecule has 0 spiro atoms. The minimum atomic E-state index is 0.892. The minimum Gasteiger partial charge on any atom is -0.497 e.